The SMILES string of the molecule is O=C(NCCC=Cc1cnc(Cl)c2ccccc12)OCc1ccccc1. The fraction of sp³-hybridized carbons (Fsp3) is 0.143. The second-order valence-corrected chi connectivity index (χ2v) is 6.09. The molecule has 132 valence electrons. The van der Waals surface area contributed by atoms with Gasteiger partial charge in [0, 0.05) is 23.7 Å². The number of nitrogens with one attached hydrogen (secondary N) is 1. The van der Waals surface area contributed by atoms with Gasteiger partial charge in [-0.25, -0.2) is 9.78 Å². The van der Waals surface area contributed by atoms with E-state index in [0.29, 0.717) is 18.1 Å². The number of rotatable bonds is 6. The van der Waals surface area contributed by atoms with Gasteiger partial charge in [0.05, 0.1) is 0 Å². The minimum absolute atomic E-state index is 0.269. The normalized spacial score (nSPS) is 11.0. The Morgan fingerprint density at radius 3 is 2.62 bits per heavy atom. The Bertz CT molecular complexity index is 910. The number of fused-ring (bicyclic) bond motifs is 1. The monoisotopic (exact) mass is 366 g/mol. The molecule has 0 saturated carbocycles. The van der Waals surface area contributed by atoms with Crippen LogP contribution in [0.25, 0.3) is 16.8 Å². The van der Waals surface area contributed by atoms with Crippen molar-refractivity contribution in [1.82, 2.24) is 10.3 Å². The average molecular weight is 367 g/mol. The van der Waals surface area contributed by atoms with Gasteiger partial charge >= 0.3 is 6.09 Å². The molecule has 1 heterocycles. The predicted molar refractivity (Wildman–Crippen MR) is 105 cm³/mol. The van der Waals surface area contributed by atoms with Gasteiger partial charge in [-0.15, -0.1) is 0 Å². The van der Waals surface area contributed by atoms with Gasteiger partial charge in [-0.3, -0.25) is 0 Å². The molecule has 0 spiro atoms. The molecule has 1 amide bonds. The van der Waals surface area contributed by atoms with Gasteiger partial charge in [-0.1, -0.05) is 78.4 Å². The van der Waals surface area contributed by atoms with E-state index >= 15 is 0 Å². The summed E-state index contributed by atoms with van der Waals surface area (Å²) in [4.78, 5) is 15.9. The van der Waals surface area contributed by atoms with Crippen LogP contribution in [0, 0.1) is 0 Å². The number of aromatic nitrogens is 1. The highest BCUT2D eigenvalue weighted by Crippen LogP contribution is 2.24. The van der Waals surface area contributed by atoms with Crippen LogP contribution in [0.15, 0.2) is 66.9 Å². The quantitative estimate of drug-likeness (QED) is 0.480. The van der Waals surface area contributed by atoms with Crippen LogP contribution < -0.4 is 5.32 Å². The molecule has 26 heavy (non-hydrogen) atoms. The highest BCUT2D eigenvalue weighted by molar-refractivity contribution is 6.34. The van der Waals surface area contributed by atoms with Crippen molar-refractivity contribution in [3.05, 3.63) is 83.2 Å². The summed E-state index contributed by atoms with van der Waals surface area (Å²) in [6, 6.07) is 17.5. The Kier molecular flexibility index (Phi) is 6.23. The molecule has 0 unspecified atom stereocenters. The van der Waals surface area contributed by atoms with Gasteiger partial charge in [0.2, 0.25) is 0 Å². The highest BCUT2D eigenvalue weighted by Gasteiger charge is 2.03. The first-order valence-corrected chi connectivity index (χ1v) is 8.76. The predicted octanol–water partition coefficient (Wildman–Crippen LogP) is 5.22. The van der Waals surface area contributed by atoms with Gasteiger partial charge in [0.25, 0.3) is 0 Å². The molecular weight excluding hydrogens is 348 g/mol. The van der Waals surface area contributed by atoms with E-state index in [1.807, 2.05) is 66.7 Å². The highest BCUT2D eigenvalue weighted by atomic mass is 35.5. The Balaban J connectivity index is 1.46. The van der Waals surface area contributed by atoms with Gasteiger partial charge < -0.3 is 10.1 Å². The van der Waals surface area contributed by atoms with Crippen LogP contribution in [0.2, 0.25) is 5.15 Å². The Morgan fingerprint density at radius 2 is 1.81 bits per heavy atom. The number of hydrogen-bond acceptors (Lipinski definition) is 3. The number of pyridine rings is 1. The van der Waals surface area contributed by atoms with Crippen molar-refractivity contribution in [2.75, 3.05) is 6.54 Å². The average Bonchev–Trinajstić information content (AvgIpc) is 2.69. The first-order chi connectivity index (χ1) is 12.7. The van der Waals surface area contributed by atoms with Crippen LogP contribution in [0.5, 0.6) is 0 Å². The molecule has 0 aliphatic heterocycles. The van der Waals surface area contributed by atoms with Gasteiger partial charge in [0.1, 0.15) is 11.8 Å². The number of benzene rings is 2. The molecule has 0 bridgehead atoms. The summed E-state index contributed by atoms with van der Waals surface area (Å²) in [7, 11) is 0. The van der Waals surface area contributed by atoms with E-state index in [-0.39, 0.29) is 6.61 Å². The number of amides is 1. The second kappa shape index (κ2) is 9.02. The molecule has 2 aromatic carbocycles. The molecule has 5 heteroatoms. The lowest BCUT2D eigenvalue weighted by atomic mass is 10.1. The zero-order chi connectivity index (χ0) is 18.2. The molecule has 0 radical (unpaired) electrons. The van der Waals surface area contributed by atoms with Crippen LogP contribution in [0.4, 0.5) is 4.79 Å². The molecule has 1 aromatic heterocycles. The van der Waals surface area contributed by atoms with E-state index in [1.165, 1.54) is 0 Å². The summed E-state index contributed by atoms with van der Waals surface area (Å²) in [6.45, 7) is 0.772. The van der Waals surface area contributed by atoms with E-state index in [0.717, 1.165) is 21.9 Å². The number of nitrogens with zero attached hydrogens (tertiary/aromatic N) is 1. The van der Waals surface area contributed by atoms with Crippen LogP contribution in [-0.2, 0) is 11.3 Å². The topological polar surface area (TPSA) is 51.2 Å². The number of carbonyl (C=O) groups excluding carboxylic acids is 1. The third-order valence-electron chi connectivity index (χ3n) is 3.87. The number of hydrogen-bond donors (Lipinski definition) is 1. The fourth-order valence-electron chi connectivity index (χ4n) is 2.55. The maximum absolute atomic E-state index is 11.7. The van der Waals surface area contributed by atoms with Gasteiger partial charge in [-0.05, 0) is 17.4 Å². The summed E-state index contributed by atoms with van der Waals surface area (Å²) >= 11 is 6.13. The van der Waals surface area contributed by atoms with Gasteiger partial charge in [0.15, 0.2) is 0 Å². The summed E-state index contributed by atoms with van der Waals surface area (Å²) in [5.41, 5.74) is 1.96. The van der Waals surface area contributed by atoms with Crippen LogP contribution in [-0.4, -0.2) is 17.6 Å². The molecule has 0 fully saturated rings. The van der Waals surface area contributed by atoms with Crippen LogP contribution in [0.3, 0.4) is 0 Å². The maximum Gasteiger partial charge on any atom is 0.407 e. The van der Waals surface area contributed by atoms with E-state index in [4.69, 9.17) is 16.3 Å². The molecule has 1 N–H and O–H groups in total. The fourth-order valence-corrected chi connectivity index (χ4v) is 2.77. The number of carbonyl (C=O) groups is 1. The third kappa shape index (κ3) is 4.83. The zero-order valence-electron chi connectivity index (χ0n) is 14.2. The molecular formula is C21H19ClN2O2. The molecule has 4 nitrogen and oxygen atoms in total. The van der Waals surface area contributed by atoms with Gasteiger partial charge in [-0.2, -0.15) is 0 Å². The number of halogens is 1. The minimum Gasteiger partial charge on any atom is -0.445 e. The molecule has 3 aromatic rings. The lowest BCUT2D eigenvalue weighted by molar-refractivity contribution is 0.140. The molecule has 3 rings (SSSR count). The van der Waals surface area contributed by atoms with E-state index in [2.05, 4.69) is 10.3 Å². The molecule has 0 saturated heterocycles. The molecule has 0 atom stereocenters. The number of alkyl carbamates (subject to hydrolysis) is 1. The Labute approximate surface area is 157 Å². The lowest BCUT2D eigenvalue weighted by Crippen LogP contribution is -2.24. The van der Waals surface area contributed by atoms with Crippen molar-refractivity contribution in [1.29, 1.82) is 0 Å². The van der Waals surface area contributed by atoms with E-state index < -0.39 is 6.09 Å². The Morgan fingerprint density at radius 1 is 1.08 bits per heavy atom. The first kappa shape index (κ1) is 18.0. The maximum atomic E-state index is 11.7. The smallest absolute Gasteiger partial charge is 0.407 e. The molecule has 0 aliphatic rings. The Hall–Kier alpha value is -2.85. The second-order valence-electron chi connectivity index (χ2n) is 5.73. The van der Waals surface area contributed by atoms with Crippen LogP contribution in [0.1, 0.15) is 17.5 Å². The summed E-state index contributed by atoms with van der Waals surface area (Å²) < 4.78 is 5.16. The van der Waals surface area contributed by atoms with Crippen molar-refractivity contribution in [3.8, 4) is 0 Å². The first-order valence-electron chi connectivity index (χ1n) is 8.38. The van der Waals surface area contributed by atoms with Crippen molar-refractivity contribution < 1.29 is 9.53 Å². The lowest BCUT2D eigenvalue weighted by Gasteiger charge is -2.06. The van der Waals surface area contributed by atoms with Crippen molar-refractivity contribution in [2.24, 2.45) is 0 Å². The standard InChI is InChI=1S/C21H19ClN2O2/c22-20-19-12-5-4-11-18(19)17(14-24-20)10-6-7-13-23-21(25)26-15-16-8-2-1-3-9-16/h1-6,8-12,14H,7,13,15H2,(H,23,25). The van der Waals surface area contributed by atoms with Crippen molar-refractivity contribution in [3.63, 3.8) is 0 Å². The number of ether oxygens (including phenoxy) is 1. The van der Waals surface area contributed by atoms with E-state index in [1.54, 1.807) is 6.20 Å². The van der Waals surface area contributed by atoms with Crippen LogP contribution >= 0.6 is 11.6 Å². The summed E-state index contributed by atoms with van der Waals surface area (Å²) in [5.74, 6) is 0. The van der Waals surface area contributed by atoms with Crippen molar-refractivity contribution >= 4 is 34.5 Å². The molecule has 0 aliphatic carbocycles. The third-order valence-corrected chi connectivity index (χ3v) is 4.17. The summed E-state index contributed by atoms with van der Waals surface area (Å²) in [6.07, 6.45) is 6.01. The zero-order valence-corrected chi connectivity index (χ0v) is 14.9. The minimum atomic E-state index is -0.416. The summed E-state index contributed by atoms with van der Waals surface area (Å²) in [5, 5.41) is 5.22. The van der Waals surface area contributed by atoms with Crippen molar-refractivity contribution in [2.45, 2.75) is 13.0 Å². The van der Waals surface area contributed by atoms with E-state index in [9.17, 15) is 4.79 Å². The largest absolute Gasteiger partial charge is 0.445 e.